The molecule has 0 unspecified atom stereocenters. The van der Waals surface area contributed by atoms with Crippen LogP contribution in [0.2, 0.25) is 0 Å². The van der Waals surface area contributed by atoms with Gasteiger partial charge in [-0.3, -0.25) is 0 Å². The van der Waals surface area contributed by atoms with E-state index in [1.807, 2.05) is 48.5 Å². The molecule has 0 heterocycles. The molecule has 32 heavy (non-hydrogen) atoms. The molecule has 0 spiro atoms. The van der Waals surface area contributed by atoms with E-state index < -0.39 is 5.97 Å². The minimum atomic E-state index is -0.431. The minimum absolute atomic E-state index is 0.123. The molecule has 0 fully saturated rings. The van der Waals surface area contributed by atoms with Gasteiger partial charge in [-0.1, -0.05) is 37.4 Å². The van der Waals surface area contributed by atoms with Crippen molar-refractivity contribution in [2.75, 3.05) is 19.8 Å². The van der Waals surface area contributed by atoms with E-state index in [9.17, 15) is 9.59 Å². The fourth-order valence-corrected chi connectivity index (χ4v) is 2.42. The quantitative estimate of drug-likeness (QED) is 0.196. The number of benzene rings is 2. The largest absolute Gasteiger partial charge is 0.493 e. The molecule has 0 aliphatic rings. The number of rotatable bonds is 12. The number of hydrogen-bond acceptors (Lipinski definition) is 6. The molecule has 0 atom stereocenters. The standard InChI is InChI=1S/C26H28O6/c1-19(2)25(27)31-17-5-15-29-23-11-7-21(8-12-23)22-9-13-24(14-10-22)30-16-6-18-32-26(28)20(3)4/h5,7-15H,1,3,6,16-18H2,2,4H3/b15-5+. The lowest BCUT2D eigenvalue weighted by Crippen LogP contribution is -2.09. The van der Waals surface area contributed by atoms with Gasteiger partial charge in [0.25, 0.3) is 0 Å². The molecule has 168 valence electrons. The first-order chi connectivity index (χ1) is 15.4. The van der Waals surface area contributed by atoms with Gasteiger partial charge < -0.3 is 18.9 Å². The monoisotopic (exact) mass is 436 g/mol. The van der Waals surface area contributed by atoms with Gasteiger partial charge in [-0.15, -0.1) is 0 Å². The highest BCUT2D eigenvalue weighted by atomic mass is 16.5. The third-order valence-electron chi connectivity index (χ3n) is 4.14. The topological polar surface area (TPSA) is 71.1 Å². The second-order valence-corrected chi connectivity index (χ2v) is 7.04. The molecule has 0 radical (unpaired) electrons. The molecule has 0 bridgehead atoms. The summed E-state index contributed by atoms with van der Waals surface area (Å²) in [7, 11) is 0. The highest BCUT2D eigenvalue weighted by Gasteiger charge is 2.03. The number of carbonyl (C=O) groups is 2. The van der Waals surface area contributed by atoms with E-state index in [1.165, 1.54) is 6.26 Å². The van der Waals surface area contributed by atoms with Crippen LogP contribution in [0, 0.1) is 0 Å². The first-order valence-electron chi connectivity index (χ1n) is 10.2. The fourth-order valence-electron chi connectivity index (χ4n) is 2.42. The maximum Gasteiger partial charge on any atom is 0.333 e. The number of esters is 2. The normalized spacial score (nSPS) is 10.4. The summed E-state index contributed by atoms with van der Waals surface area (Å²) < 4.78 is 21.1. The highest BCUT2D eigenvalue weighted by Crippen LogP contribution is 2.24. The second kappa shape index (κ2) is 12.8. The van der Waals surface area contributed by atoms with Crippen LogP contribution in [-0.4, -0.2) is 31.8 Å². The first-order valence-corrected chi connectivity index (χ1v) is 10.2. The number of carbonyl (C=O) groups excluding carboxylic acids is 2. The van der Waals surface area contributed by atoms with Gasteiger partial charge >= 0.3 is 11.9 Å². The zero-order chi connectivity index (χ0) is 23.3. The summed E-state index contributed by atoms with van der Waals surface area (Å²) in [6.45, 7) is 11.1. The van der Waals surface area contributed by atoms with Crippen LogP contribution in [0.4, 0.5) is 0 Å². The average Bonchev–Trinajstić information content (AvgIpc) is 2.79. The Bertz CT molecular complexity index is 955. The van der Waals surface area contributed by atoms with Crippen LogP contribution in [-0.2, 0) is 19.1 Å². The van der Waals surface area contributed by atoms with Crippen LogP contribution in [0.25, 0.3) is 11.1 Å². The lowest BCUT2D eigenvalue weighted by Gasteiger charge is -2.08. The third kappa shape index (κ3) is 8.52. The summed E-state index contributed by atoms with van der Waals surface area (Å²) >= 11 is 0. The predicted molar refractivity (Wildman–Crippen MR) is 123 cm³/mol. The van der Waals surface area contributed by atoms with Gasteiger partial charge in [0.05, 0.1) is 19.5 Å². The molecule has 0 N–H and O–H groups in total. The maximum atomic E-state index is 11.3. The van der Waals surface area contributed by atoms with Crippen molar-refractivity contribution < 1.29 is 28.5 Å². The smallest absolute Gasteiger partial charge is 0.333 e. The van der Waals surface area contributed by atoms with E-state index >= 15 is 0 Å². The Hall–Kier alpha value is -3.80. The molecular formula is C26H28O6. The SMILES string of the molecule is C=C(C)C(=O)OC/C=C/Oc1ccc(-c2ccc(OCCCOC(=O)C(=C)C)cc2)cc1. The highest BCUT2D eigenvalue weighted by molar-refractivity contribution is 5.87. The molecule has 0 aliphatic heterocycles. The van der Waals surface area contributed by atoms with Crippen LogP contribution >= 0.6 is 0 Å². The van der Waals surface area contributed by atoms with E-state index in [4.69, 9.17) is 18.9 Å². The Balaban J connectivity index is 1.75. The van der Waals surface area contributed by atoms with Crippen molar-refractivity contribution in [1.82, 2.24) is 0 Å². The Morgan fingerprint density at radius 3 is 1.88 bits per heavy atom. The van der Waals surface area contributed by atoms with E-state index in [0.717, 1.165) is 16.9 Å². The lowest BCUT2D eigenvalue weighted by molar-refractivity contribution is -0.139. The zero-order valence-corrected chi connectivity index (χ0v) is 18.5. The summed E-state index contributed by atoms with van der Waals surface area (Å²) in [5.41, 5.74) is 2.83. The van der Waals surface area contributed by atoms with Gasteiger partial charge in [0.1, 0.15) is 18.1 Å². The molecule has 0 amide bonds. The molecule has 2 rings (SSSR count). The van der Waals surface area contributed by atoms with E-state index in [1.54, 1.807) is 19.9 Å². The fraction of sp³-hybridized carbons (Fsp3) is 0.231. The van der Waals surface area contributed by atoms with Crippen molar-refractivity contribution in [3.05, 3.63) is 85.2 Å². The summed E-state index contributed by atoms with van der Waals surface area (Å²) in [6.07, 6.45) is 3.69. The first kappa shape index (κ1) is 24.5. The molecule has 0 saturated heterocycles. The molecular weight excluding hydrogens is 408 g/mol. The van der Waals surface area contributed by atoms with Crippen molar-refractivity contribution in [1.29, 1.82) is 0 Å². The van der Waals surface area contributed by atoms with E-state index in [2.05, 4.69) is 13.2 Å². The van der Waals surface area contributed by atoms with Crippen molar-refractivity contribution in [3.63, 3.8) is 0 Å². The van der Waals surface area contributed by atoms with Crippen LogP contribution in [0.5, 0.6) is 11.5 Å². The maximum absolute atomic E-state index is 11.3. The predicted octanol–water partition coefficient (Wildman–Crippen LogP) is 5.25. The van der Waals surface area contributed by atoms with Crippen LogP contribution < -0.4 is 9.47 Å². The Morgan fingerprint density at radius 1 is 0.781 bits per heavy atom. The van der Waals surface area contributed by atoms with Crippen LogP contribution in [0.1, 0.15) is 20.3 Å². The Labute approximate surface area is 188 Å². The van der Waals surface area contributed by atoms with Gasteiger partial charge in [0, 0.05) is 17.6 Å². The molecule has 6 nitrogen and oxygen atoms in total. The summed E-state index contributed by atoms with van der Waals surface area (Å²) in [6, 6.07) is 15.4. The van der Waals surface area contributed by atoms with Crippen molar-refractivity contribution in [2.45, 2.75) is 20.3 Å². The van der Waals surface area contributed by atoms with Crippen LogP contribution in [0.15, 0.2) is 85.2 Å². The Kier molecular flexibility index (Phi) is 9.78. The summed E-state index contributed by atoms with van der Waals surface area (Å²) in [5, 5.41) is 0. The van der Waals surface area contributed by atoms with Crippen molar-refractivity contribution in [3.8, 4) is 22.6 Å². The Morgan fingerprint density at radius 2 is 1.31 bits per heavy atom. The molecule has 6 heteroatoms. The van der Waals surface area contributed by atoms with Crippen molar-refractivity contribution in [2.24, 2.45) is 0 Å². The molecule has 2 aromatic rings. The lowest BCUT2D eigenvalue weighted by atomic mass is 10.1. The van der Waals surface area contributed by atoms with Gasteiger partial charge in [-0.05, 0) is 55.3 Å². The molecule has 0 saturated carbocycles. The van der Waals surface area contributed by atoms with Crippen LogP contribution in [0.3, 0.4) is 0 Å². The number of hydrogen-bond donors (Lipinski definition) is 0. The van der Waals surface area contributed by atoms with Crippen molar-refractivity contribution >= 4 is 11.9 Å². The molecule has 2 aromatic carbocycles. The summed E-state index contributed by atoms with van der Waals surface area (Å²) in [4.78, 5) is 22.6. The third-order valence-corrected chi connectivity index (χ3v) is 4.14. The van der Waals surface area contributed by atoms with E-state index in [0.29, 0.717) is 36.5 Å². The van der Waals surface area contributed by atoms with Gasteiger partial charge in [-0.25, -0.2) is 9.59 Å². The zero-order valence-electron chi connectivity index (χ0n) is 18.5. The minimum Gasteiger partial charge on any atom is -0.493 e. The summed E-state index contributed by atoms with van der Waals surface area (Å²) in [5.74, 6) is 0.603. The molecule has 0 aliphatic carbocycles. The van der Waals surface area contributed by atoms with E-state index in [-0.39, 0.29) is 12.6 Å². The van der Waals surface area contributed by atoms with Gasteiger partial charge in [0.15, 0.2) is 0 Å². The average molecular weight is 437 g/mol. The van der Waals surface area contributed by atoms with Gasteiger partial charge in [-0.2, -0.15) is 0 Å². The molecule has 0 aromatic heterocycles. The van der Waals surface area contributed by atoms with Gasteiger partial charge in [0.2, 0.25) is 0 Å². The second-order valence-electron chi connectivity index (χ2n) is 7.04. The number of ether oxygens (including phenoxy) is 4.